The van der Waals surface area contributed by atoms with Gasteiger partial charge in [0.05, 0.1) is 5.69 Å². The summed E-state index contributed by atoms with van der Waals surface area (Å²) >= 11 is 0. The molecule has 0 aromatic carbocycles. The lowest BCUT2D eigenvalue weighted by atomic mass is 10.1. The molecule has 4 N–H and O–H groups in total. The number of pyridine rings is 1. The van der Waals surface area contributed by atoms with E-state index in [0.717, 1.165) is 5.56 Å². The number of rotatable bonds is 3. The van der Waals surface area contributed by atoms with Gasteiger partial charge in [0.25, 0.3) is 0 Å². The maximum atomic E-state index is 11.9. The highest BCUT2D eigenvalue weighted by atomic mass is 16.2. The minimum atomic E-state index is -0.387. The highest BCUT2D eigenvalue weighted by Crippen LogP contribution is 2.16. The van der Waals surface area contributed by atoms with Crippen LogP contribution in [0, 0.1) is 6.92 Å². The number of nitrogen functional groups attached to an aromatic ring is 1. The molecule has 1 aromatic heterocycles. The summed E-state index contributed by atoms with van der Waals surface area (Å²) in [5.41, 5.74) is 7.13. The Morgan fingerprint density at radius 1 is 1.44 bits per heavy atom. The van der Waals surface area contributed by atoms with Crippen molar-refractivity contribution in [3.63, 3.8) is 0 Å². The van der Waals surface area contributed by atoms with Crippen molar-refractivity contribution in [2.24, 2.45) is 0 Å². The molecule has 1 rings (SSSR count). The third kappa shape index (κ3) is 4.24. The van der Waals surface area contributed by atoms with Gasteiger partial charge in [-0.1, -0.05) is 0 Å². The van der Waals surface area contributed by atoms with E-state index in [1.807, 2.05) is 33.8 Å². The number of aryl methyl sites for hydroxylation is 1. The summed E-state index contributed by atoms with van der Waals surface area (Å²) in [6, 6.07) is 1.44. The molecular formula is C13H22N4O. The van der Waals surface area contributed by atoms with Gasteiger partial charge in [0.15, 0.2) is 0 Å². The second-order valence-electron chi connectivity index (χ2n) is 5.56. The normalized spacial score (nSPS) is 12.9. The summed E-state index contributed by atoms with van der Waals surface area (Å²) in [7, 11) is 0. The Morgan fingerprint density at radius 2 is 2.06 bits per heavy atom. The maximum Gasteiger partial charge on any atom is 0.242 e. The summed E-state index contributed by atoms with van der Waals surface area (Å²) in [5, 5.41) is 5.91. The number of hydrogen-bond acceptors (Lipinski definition) is 4. The van der Waals surface area contributed by atoms with Crippen molar-refractivity contribution >= 4 is 17.4 Å². The summed E-state index contributed by atoms with van der Waals surface area (Å²) in [5.74, 6) is 0.460. The second kappa shape index (κ2) is 5.25. The third-order valence-electron chi connectivity index (χ3n) is 2.30. The van der Waals surface area contributed by atoms with E-state index >= 15 is 0 Å². The molecule has 1 aromatic rings. The molecule has 0 aliphatic carbocycles. The van der Waals surface area contributed by atoms with E-state index in [1.54, 1.807) is 13.1 Å². The van der Waals surface area contributed by atoms with Crippen LogP contribution in [0.1, 0.15) is 33.3 Å². The average molecular weight is 250 g/mol. The summed E-state index contributed by atoms with van der Waals surface area (Å²) in [6.07, 6.45) is 1.72. The topological polar surface area (TPSA) is 80.0 Å². The number of carbonyl (C=O) groups excluding carboxylic acids is 1. The van der Waals surface area contributed by atoms with E-state index < -0.39 is 0 Å². The van der Waals surface area contributed by atoms with Crippen molar-refractivity contribution in [3.05, 3.63) is 17.8 Å². The lowest BCUT2D eigenvalue weighted by Crippen LogP contribution is -2.47. The lowest BCUT2D eigenvalue weighted by molar-refractivity contribution is -0.122. The van der Waals surface area contributed by atoms with Gasteiger partial charge in [0.1, 0.15) is 11.9 Å². The molecule has 100 valence electrons. The third-order valence-corrected chi connectivity index (χ3v) is 2.30. The maximum absolute atomic E-state index is 11.9. The van der Waals surface area contributed by atoms with E-state index in [2.05, 4.69) is 15.6 Å². The molecule has 0 saturated heterocycles. The van der Waals surface area contributed by atoms with Gasteiger partial charge in [-0.2, -0.15) is 0 Å². The smallest absolute Gasteiger partial charge is 0.242 e. The molecule has 18 heavy (non-hydrogen) atoms. The molecule has 1 amide bonds. The number of amides is 1. The Hall–Kier alpha value is -1.78. The van der Waals surface area contributed by atoms with Crippen molar-refractivity contribution in [2.75, 3.05) is 11.1 Å². The number of hydrogen-bond donors (Lipinski definition) is 3. The molecule has 1 heterocycles. The van der Waals surface area contributed by atoms with Crippen LogP contribution in [0.25, 0.3) is 0 Å². The Balaban J connectivity index is 2.69. The molecule has 0 saturated carbocycles. The Bertz CT molecular complexity index is 437. The molecule has 1 unspecified atom stereocenters. The Kier molecular flexibility index (Phi) is 4.16. The molecule has 1 atom stereocenters. The van der Waals surface area contributed by atoms with Crippen molar-refractivity contribution in [3.8, 4) is 0 Å². The highest BCUT2D eigenvalue weighted by molar-refractivity contribution is 5.85. The first kappa shape index (κ1) is 14.3. The summed E-state index contributed by atoms with van der Waals surface area (Å²) in [4.78, 5) is 16.1. The van der Waals surface area contributed by atoms with E-state index in [0.29, 0.717) is 11.5 Å². The van der Waals surface area contributed by atoms with E-state index in [9.17, 15) is 4.79 Å². The first-order valence-corrected chi connectivity index (χ1v) is 6.00. The number of anilines is 2. The van der Waals surface area contributed by atoms with Crippen LogP contribution in [-0.2, 0) is 4.79 Å². The molecule has 5 nitrogen and oxygen atoms in total. The predicted molar refractivity (Wildman–Crippen MR) is 74.4 cm³/mol. The number of nitrogens with zero attached hydrogens (tertiary/aromatic N) is 1. The first-order valence-electron chi connectivity index (χ1n) is 6.00. The fourth-order valence-corrected chi connectivity index (χ4v) is 1.46. The van der Waals surface area contributed by atoms with Crippen LogP contribution in [0.3, 0.4) is 0 Å². The largest absolute Gasteiger partial charge is 0.396 e. The van der Waals surface area contributed by atoms with Crippen molar-refractivity contribution in [1.29, 1.82) is 0 Å². The number of carbonyl (C=O) groups is 1. The molecule has 0 fully saturated rings. The Labute approximate surface area is 108 Å². The van der Waals surface area contributed by atoms with Crippen LogP contribution in [0.15, 0.2) is 12.3 Å². The minimum absolute atomic E-state index is 0.0794. The zero-order valence-electron chi connectivity index (χ0n) is 11.7. The summed E-state index contributed by atoms with van der Waals surface area (Å²) < 4.78 is 0. The first-order chi connectivity index (χ1) is 8.19. The van der Waals surface area contributed by atoms with Gasteiger partial charge in [-0.05, 0) is 46.2 Å². The van der Waals surface area contributed by atoms with Gasteiger partial charge in [0.2, 0.25) is 5.91 Å². The minimum Gasteiger partial charge on any atom is -0.396 e. The molecule has 5 heteroatoms. The van der Waals surface area contributed by atoms with Crippen molar-refractivity contribution in [1.82, 2.24) is 10.3 Å². The fourth-order valence-electron chi connectivity index (χ4n) is 1.46. The van der Waals surface area contributed by atoms with Gasteiger partial charge in [-0.25, -0.2) is 4.98 Å². The zero-order valence-corrected chi connectivity index (χ0v) is 11.7. The van der Waals surface area contributed by atoms with Gasteiger partial charge in [0, 0.05) is 11.7 Å². The van der Waals surface area contributed by atoms with E-state index in [4.69, 9.17) is 5.73 Å². The van der Waals surface area contributed by atoms with Crippen LogP contribution in [0.4, 0.5) is 11.5 Å². The van der Waals surface area contributed by atoms with Crippen molar-refractivity contribution in [2.45, 2.75) is 46.2 Å². The number of nitrogens with one attached hydrogen (secondary N) is 2. The Morgan fingerprint density at radius 3 is 2.56 bits per heavy atom. The van der Waals surface area contributed by atoms with Crippen LogP contribution in [0.2, 0.25) is 0 Å². The van der Waals surface area contributed by atoms with Gasteiger partial charge < -0.3 is 16.4 Å². The van der Waals surface area contributed by atoms with Crippen LogP contribution in [0.5, 0.6) is 0 Å². The predicted octanol–water partition coefficient (Wildman–Crippen LogP) is 1.69. The summed E-state index contributed by atoms with van der Waals surface area (Å²) in [6.45, 7) is 9.52. The number of aromatic nitrogens is 1. The van der Waals surface area contributed by atoms with E-state index in [1.165, 1.54) is 0 Å². The fraction of sp³-hybridized carbons (Fsp3) is 0.538. The van der Waals surface area contributed by atoms with Crippen molar-refractivity contribution < 1.29 is 4.79 Å². The molecular weight excluding hydrogens is 228 g/mol. The van der Waals surface area contributed by atoms with E-state index in [-0.39, 0.29) is 17.5 Å². The second-order valence-corrected chi connectivity index (χ2v) is 5.56. The average Bonchev–Trinajstić information content (AvgIpc) is 2.19. The highest BCUT2D eigenvalue weighted by Gasteiger charge is 2.19. The van der Waals surface area contributed by atoms with Gasteiger partial charge >= 0.3 is 0 Å². The molecule has 0 aliphatic rings. The van der Waals surface area contributed by atoms with Crippen LogP contribution < -0.4 is 16.4 Å². The standard InChI is InChI=1S/C13H22N4O/c1-8-6-10(14)11(15-7-8)16-9(2)12(18)17-13(3,4)5/h6-7,9H,14H2,1-5H3,(H,15,16)(H,17,18). The molecule has 0 spiro atoms. The van der Waals surface area contributed by atoms with Gasteiger partial charge in [-0.3, -0.25) is 4.79 Å². The quantitative estimate of drug-likeness (QED) is 0.762. The SMILES string of the molecule is Cc1cnc(NC(C)C(=O)NC(C)(C)C)c(N)c1. The lowest BCUT2D eigenvalue weighted by Gasteiger charge is -2.24. The molecule has 0 radical (unpaired) electrons. The van der Waals surface area contributed by atoms with Crippen LogP contribution in [-0.4, -0.2) is 22.5 Å². The number of nitrogens with two attached hydrogens (primary N) is 1. The monoisotopic (exact) mass is 250 g/mol. The zero-order chi connectivity index (χ0) is 13.9. The molecule has 0 bridgehead atoms. The van der Waals surface area contributed by atoms with Gasteiger partial charge in [-0.15, -0.1) is 0 Å². The molecule has 0 aliphatic heterocycles. The van der Waals surface area contributed by atoms with Crippen LogP contribution >= 0.6 is 0 Å².